The quantitative estimate of drug-likeness (QED) is 0.137. The maximum Gasteiger partial charge on any atom is 0.328 e. The monoisotopic (exact) mass is 539 g/mol. The molecule has 12 nitrogen and oxygen atoms in total. The number of aromatic amines is 1. The molecule has 3 amide bonds. The Hall–Kier alpha value is -4.26. The number of aromatic nitrogens is 1. The van der Waals surface area contributed by atoms with Crippen LogP contribution in [-0.2, 0) is 32.0 Å². The number of nitrogens with two attached hydrogens (primary N) is 1. The van der Waals surface area contributed by atoms with Crippen molar-refractivity contribution in [3.05, 3.63) is 71.9 Å². The Balaban J connectivity index is 1.72. The van der Waals surface area contributed by atoms with E-state index in [9.17, 15) is 34.5 Å². The number of amides is 3. The molecule has 0 saturated heterocycles. The van der Waals surface area contributed by atoms with Gasteiger partial charge < -0.3 is 42.0 Å². The van der Waals surface area contributed by atoms with Gasteiger partial charge in [-0.25, -0.2) is 4.79 Å². The molecular weight excluding hydrogens is 506 g/mol. The van der Waals surface area contributed by atoms with Crippen molar-refractivity contribution in [2.75, 3.05) is 6.61 Å². The molecule has 2 aromatic carbocycles. The third-order valence-electron chi connectivity index (χ3n) is 6.23. The molecule has 0 aliphatic carbocycles. The fraction of sp³-hybridized carbons (Fsp3) is 0.333. The number of carbonyl (C=O) groups excluding carboxylic acids is 3. The van der Waals surface area contributed by atoms with E-state index in [0.29, 0.717) is 5.56 Å². The number of para-hydroxylation sites is 1. The Kier molecular flexibility index (Phi) is 10.1. The fourth-order valence-corrected chi connectivity index (χ4v) is 4.07. The lowest BCUT2D eigenvalue weighted by atomic mass is 10.0. The maximum atomic E-state index is 13.2. The van der Waals surface area contributed by atoms with Gasteiger partial charge in [-0.15, -0.1) is 0 Å². The first-order chi connectivity index (χ1) is 18.6. The predicted octanol–water partition coefficient (Wildman–Crippen LogP) is -0.807. The molecule has 0 aliphatic heterocycles. The number of aliphatic hydroxyl groups excluding tert-OH is 2. The van der Waals surface area contributed by atoms with E-state index in [1.54, 1.807) is 36.5 Å². The summed E-state index contributed by atoms with van der Waals surface area (Å²) in [6.45, 7) is 0.446. The summed E-state index contributed by atoms with van der Waals surface area (Å²) >= 11 is 0. The molecule has 3 aromatic rings. The second kappa shape index (κ2) is 13.5. The number of nitrogens with one attached hydrogen (secondary N) is 4. The molecule has 5 atom stereocenters. The Labute approximate surface area is 224 Å². The van der Waals surface area contributed by atoms with Crippen molar-refractivity contribution < 1.29 is 34.5 Å². The fourth-order valence-electron chi connectivity index (χ4n) is 4.07. The highest BCUT2D eigenvalue weighted by Crippen LogP contribution is 2.18. The van der Waals surface area contributed by atoms with Gasteiger partial charge in [0.05, 0.1) is 18.8 Å². The third kappa shape index (κ3) is 7.87. The Bertz CT molecular complexity index is 1290. The highest BCUT2D eigenvalue weighted by Gasteiger charge is 2.32. The third-order valence-corrected chi connectivity index (χ3v) is 6.23. The first kappa shape index (κ1) is 29.3. The van der Waals surface area contributed by atoms with Crippen LogP contribution in [0, 0.1) is 0 Å². The average molecular weight is 540 g/mol. The van der Waals surface area contributed by atoms with Gasteiger partial charge in [0.2, 0.25) is 17.7 Å². The van der Waals surface area contributed by atoms with Crippen LogP contribution in [0.1, 0.15) is 18.1 Å². The molecule has 0 saturated carbocycles. The van der Waals surface area contributed by atoms with Gasteiger partial charge in [-0.3, -0.25) is 14.4 Å². The lowest BCUT2D eigenvalue weighted by molar-refractivity contribution is -0.143. The zero-order chi connectivity index (χ0) is 28.5. The van der Waals surface area contributed by atoms with Crippen molar-refractivity contribution >= 4 is 34.6 Å². The van der Waals surface area contributed by atoms with Crippen LogP contribution in [0.3, 0.4) is 0 Å². The minimum atomic E-state index is -1.58. The molecule has 39 heavy (non-hydrogen) atoms. The Morgan fingerprint density at radius 3 is 2.15 bits per heavy atom. The van der Waals surface area contributed by atoms with Crippen LogP contribution in [0.5, 0.6) is 0 Å². The van der Waals surface area contributed by atoms with E-state index in [1.807, 2.05) is 24.3 Å². The number of H-pyrrole nitrogens is 1. The molecular formula is C27H33N5O7. The molecule has 12 heteroatoms. The van der Waals surface area contributed by atoms with Gasteiger partial charge in [0.1, 0.15) is 18.1 Å². The van der Waals surface area contributed by atoms with Crippen molar-refractivity contribution in [3.8, 4) is 0 Å². The van der Waals surface area contributed by atoms with Gasteiger partial charge >= 0.3 is 5.97 Å². The number of hydrogen-bond donors (Lipinski definition) is 8. The number of aliphatic hydroxyl groups is 2. The van der Waals surface area contributed by atoms with Crippen molar-refractivity contribution in [1.29, 1.82) is 0 Å². The molecule has 3 rings (SSSR count). The average Bonchev–Trinajstić information content (AvgIpc) is 3.32. The molecule has 9 N–H and O–H groups in total. The normalized spacial score (nSPS) is 15.0. The summed E-state index contributed by atoms with van der Waals surface area (Å²) in [4.78, 5) is 53.3. The number of fused-ring (bicyclic) bond motifs is 1. The number of benzene rings is 2. The zero-order valence-corrected chi connectivity index (χ0v) is 21.3. The zero-order valence-electron chi connectivity index (χ0n) is 21.3. The summed E-state index contributed by atoms with van der Waals surface area (Å²) in [6.07, 6.45) is 0.552. The highest BCUT2D eigenvalue weighted by atomic mass is 16.4. The van der Waals surface area contributed by atoms with E-state index >= 15 is 0 Å². The van der Waals surface area contributed by atoms with Crippen LogP contribution in [0.2, 0.25) is 0 Å². The first-order valence-electron chi connectivity index (χ1n) is 12.4. The Morgan fingerprint density at radius 2 is 1.51 bits per heavy atom. The van der Waals surface area contributed by atoms with Gasteiger partial charge in [0.15, 0.2) is 0 Å². The Morgan fingerprint density at radius 1 is 0.872 bits per heavy atom. The van der Waals surface area contributed by atoms with E-state index in [1.165, 1.54) is 6.92 Å². The summed E-state index contributed by atoms with van der Waals surface area (Å²) < 4.78 is 0. The van der Waals surface area contributed by atoms with E-state index in [0.717, 1.165) is 16.5 Å². The van der Waals surface area contributed by atoms with Crippen LogP contribution < -0.4 is 21.7 Å². The summed E-state index contributed by atoms with van der Waals surface area (Å²) in [5.41, 5.74) is 8.47. The largest absolute Gasteiger partial charge is 0.480 e. The van der Waals surface area contributed by atoms with Crippen molar-refractivity contribution in [2.45, 2.75) is 50.0 Å². The molecule has 0 spiro atoms. The number of aliphatic carboxylic acids is 1. The molecule has 0 aliphatic rings. The minimum Gasteiger partial charge on any atom is -0.480 e. The van der Waals surface area contributed by atoms with Gasteiger partial charge in [-0.2, -0.15) is 0 Å². The molecule has 0 radical (unpaired) electrons. The summed E-state index contributed by atoms with van der Waals surface area (Å²) in [5, 5.41) is 36.8. The lowest BCUT2D eigenvalue weighted by Gasteiger charge is -2.26. The summed E-state index contributed by atoms with van der Waals surface area (Å²) in [6, 6.07) is 10.8. The number of rotatable bonds is 13. The summed E-state index contributed by atoms with van der Waals surface area (Å²) in [5.74, 6) is -3.87. The maximum absolute atomic E-state index is 13.2. The SMILES string of the molecule is CC(O)C(NC(=O)C(N)Cc1c[nH]c2ccccc12)C(=O)NC(Cc1ccccc1)C(=O)NC(CO)C(=O)O. The van der Waals surface area contributed by atoms with Gasteiger partial charge in [-0.05, 0) is 30.5 Å². The van der Waals surface area contributed by atoms with E-state index in [-0.39, 0.29) is 12.8 Å². The van der Waals surface area contributed by atoms with Gasteiger partial charge in [-0.1, -0.05) is 48.5 Å². The highest BCUT2D eigenvalue weighted by molar-refractivity contribution is 5.95. The molecule has 208 valence electrons. The van der Waals surface area contributed by atoms with Crippen molar-refractivity contribution in [2.24, 2.45) is 5.73 Å². The van der Waals surface area contributed by atoms with E-state index in [4.69, 9.17) is 5.73 Å². The van der Waals surface area contributed by atoms with E-state index < -0.39 is 60.6 Å². The van der Waals surface area contributed by atoms with E-state index in [2.05, 4.69) is 20.9 Å². The number of carboxylic acids is 1. The molecule has 0 bridgehead atoms. The van der Waals surface area contributed by atoms with Crippen LogP contribution >= 0.6 is 0 Å². The second-order valence-corrected chi connectivity index (χ2v) is 9.23. The second-order valence-electron chi connectivity index (χ2n) is 9.23. The van der Waals surface area contributed by atoms with Gasteiger partial charge in [0.25, 0.3) is 0 Å². The smallest absolute Gasteiger partial charge is 0.328 e. The number of carbonyl (C=O) groups is 4. The number of carboxylic acid groups (broad SMARTS) is 1. The molecule has 1 heterocycles. The van der Waals surface area contributed by atoms with Gasteiger partial charge in [0, 0.05) is 23.5 Å². The predicted molar refractivity (Wildman–Crippen MR) is 142 cm³/mol. The minimum absolute atomic E-state index is 0.0171. The first-order valence-corrected chi connectivity index (χ1v) is 12.4. The van der Waals surface area contributed by atoms with Crippen molar-refractivity contribution in [1.82, 2.24) is 20.9 Å². The van der Waals surface area contributed by atoms with Crippen molar-refractivity contribution in [3.63, 3.8) is 0 Å². The molecule has 1 aromatic heterocycles. The number of hydrogen-bond acceptors (Lipinski definition) is 7. The van der Waals surface area contributed by atoms with Crippen LogP contribution in [0.15, 0.2) is 60.8 Å². The lowest BCUT2D eigenvalue weighted by Crippen LogP contribution is -2.60. The summed E-state index contributed by atoms with van der Waals surface area (Å²) in [7, 11) is 0. The molecule has 0 fully saturated rings. The topological polar surface area (TPSA) is 207 Å². The van der Waals surface area contributed by atoms with Crippen LogP contribution in [0.25, 0.3) is 10.9 Å². The molecule has 5 unspecified atom stereocenters. The van der Waals surface area contributed by atoms with Crippen LogP contribution in [-0.4, -0.2) is 80.9 Å². The van der Waals surface area contributed by atoms with Crippen LogP contribution in [0.4, 0.5) is 0 Å². The standard InChI is InChI=1S/C27H33N5O7/c1-15(34)23(32-24(35)19(28)12-17-13-29-20-10-6-5-9-18(17)20)26(37)30-21(11-16-7-3-2-4-8-16)25(36)31-22(14-33)27(38)39/h2-10,13,15,19,21-23,29,33-34H,11-12,14,28H2,1H3,(H,30,37)(H,31,36)(H,32,35)(H,38,39).